The van der Waals surface area contributed by atoms with Crippen molar-refractivity contribution >= 4 is 39.6 Å². The Hall–Kier alpha value is -2.29. The van der Waals surface area contributed by atoms with Gasteiger partial charge < -0.3 is 9.47 Å². The van der Waals surface area contributed by atoms with Gasteiger partial charge in [-0.3, -0.25) is 0 Å². The maximum Gasteiger partial charge on any atom is 0.331 e. The Bertz CT molecular complexity index is 820. The number of ether oxygens (including phenoxy) is 2. The summed E-state index contributed by atoms with van der Waals surface area (Å²) >= 11 is 9.57. The van der Waals surface area contributed by atoms with Crippen molar-refractivity contribution < 1.29 is 18.7 Å². The number of hydrogen-bond acceptors (Lipinski definition) is 3. The maximum absolute atomic E-state index is 13.6. The van der Waals surface area contributed by atoms with Crippen LogP contribution < -0.4 is 4.74 Å². The molecule has 0 radical (unpaired) electrons. The first-order valence-corrected chi connectivity index (χ1v) is 8.32. The normalized spacial score (nSPS) is 10.5. The van der Waals surface area contributed by atoms with Gasteiger partial charge in [0.1, 0.15) is 12.4 Å². The van der Waals surface area contributed by atoms with Crippen LogP contribution in [0.5, 0.6) is 5.75 Å². The van der Waals surface area contributed by atoms with Crippen molar-refractivity contribution in [3.8, 4) is 18.1 Å². The molecule has 3 nitrogen and oxygen atoms in total. The molecule has 6 heteroatoms. The number of terminal acetylenes is 1. The van der Waals surface area contributed by atoms with E-state index in [1.165, 1.54) is 18.2 Å². The van der Waals surface area contributed by atoms with Crippen LogP contribution in [0.4, 0.5) is 4.39 Å². The van der Waals surface area contributed by atoms with Crippen LogP contribution in [-0.4, -0.2) is 12.6 Å². The van der Waals surface area contributed by atoms with E-state index < -0.39 is 5.97 Å². The van der Waals surface area contributed by atoms with Gasteiger partial charge in [0.25, 0.3) is 0 Å². The highest BCUT2D eigenvalue weighted by Crippen LogP contribution is 2.35. The molecule has 0 heterocycles. The van der Waals surface area contributed by atoms with Crippen molar-refractivity contribution in [3.63, 3.8) is 0 Å². The molecule has 0 aliphatic heterocycles. The van der Waals surface area contributed by atoms with Gasteiger partial charge in [0.2, 0.25) is 0 Å². The van der Waals surface area contributed by atoms with E-state index >= 15 is 0 Å². The highest BCUT2D eigenvalue weighted by molar-refractivity contribution is 9.10. The highest BCUT2D eigenvalue weighted by atomic mass is 79.9. The van der Waals surface area contributed by atoms with Crippen molar-refractivity contribution in [2.45, 2.75) is 6.61 Å². The third kappa shape index (κ3) is 5.63. The zero-order valence-corrected chi connectivity index (χ0v) is 15.3. The molecule has 0 aromatic heterocycles. The first-order chi connectivity index (χ1) is 12.0. The minimum absolute atomic E-state index is 0.0403. The van der Waals surface area contributed by atoms with E-state index in [0.29, 0.717) is 26.4 Å². The molecule has 0 aliphatic carbocycles. The van der Waals surface area contributed by atoms with E-state index in [4.69, 9.17) is 27.5 Å². The predicted octanol–water partition coefficient (Wildman–Crippen LogP) is 5.01. The summed E-state index contributed by atoms with van der Waals surface area (Å²) in [6.07, 6.45) is 7.79. The van der Waals surface area contributed by atoms with E-state index in [9.17, 15) is 9.18 Å². The zero-order valence-electron chi connectivity index (χ0n) is 13.0. The molecule has 0 bridgehead atoms. The lowest BCUT2D eigenvalue weighted by Gasteiger charge is -2.11. The summed E-state index contributed by atoms with van der Waals surface area (Å²) in [7, 11) is 0. The minimum Gasteiger partial charge on any atom is -0.486 e. The van der Waals surface area contributed by atoms with Crippen molar-refractivity contribution in [1.29, 1.82) is 0 Å². The van der Waals surface area contributed by atoms with E-state index in [0.717, 1.165) is 0 Å². The molecule has 2 aromatic carbocycles. The molecule has 25 heavy (non-hydrogen) atoms. The molecule has 2 aromatic rings. The third-order valence-corrected chi connectivity index (χ3v) is 3.93. The molecule has 0 fully saturated rings. The van der Waals surface area contributed by atoms with Gasteiger partial charge in [0.05, 0.1) is 9.50 Å². The van der Waals surface area contributed by atoms with Crippen LogP contribution in [0.15, 0.2) is 46.9 Å². The number of carbonyl (C=O) groups excluding carboxylic acids is 1. The third-order valence-electron chi connectivity index (χ3n) is 3.06. The van der Waals surface area contributed by atoms with Crippen molar-refractivity contribution in [2.24, 2.45) is 0 Å². The number of esters is 1. The predicted molar refractivity (Wildman–Crippen MR) is 98.7 cm³/mol. The number of halogens is 3. The average molecular weight is 424 g/mol. The fraction of sp³-hybridized carbons (Fsp3) is 0.105. The van der Waals surface area contributed by atoms with Crippen molar-refractivity contribution in [2.75, 3.05) is 6.61 Å². The van der Waals surface area contributed by atoms with E-state index in [1.54, 1.807) is 30.3 Å². The van der Waals surface area contributed by atoms with Crippen LogP contribution in [0.1, 0.15) is 11.1 Å². The summed E-state index contributed by atoms with van der Waals surface area (Å²) in [4.78, 5) is 11.4. The van der Waals surface area contributed by atoms with Gasteiger partial charge in [-0.2, -0.15) is 0 Å². The largest absolute Gasteiger partial charge is 0.486 e. The maximum atomic E-state index is 13.6. The molecule has 128 valence electrons. The first-order valence-electron chi connectivity index (χ1n) is 7.15. The topological polar surface area (TPSA) is 35.5 Å². The molecule has 0 amide bonds. The van der Waals surface area contributed by atoms with Gasteiger partial charge in [-0.05, 0) is 45.8 Å². The van der Waals surface area contributed by atoms with Crippen LogP contribution in [-0.2, 0) is 16.1 Å². The van der Waals surface area contributed by atoms with Gasteiger partial charge >= 0.3 is 5.97 Å². The summed E-state index contributed by atoms with van der Waals surface area (Å²) in [6, 6.07) is 9.67. The highest BCUT2D eigenvalue weighted by Gasteiger charge is 2.10. The first kappa shape index (κ1) is 19.0. The van der Waals surface area contributed by atoms with Gasteiger partial charge in [-0.1, -0.05) is 35.7 Å². The van der Waals surface area contributed by atoms with Crippen molar-refractivity contribution in [1.82, 2.24) is 0 Å². The van der Waals surface area contributed by atoms with Crippen LogP contribution in [0.25, 0.3) is 6.08 Å². The van der Waals surface area contributed by atoms with Crippen LogP contribution >= 0.6 is 27.5 Å². The summed E-state index contributed by atoms with van der Waals surface area (Å²) in [5.74, 6) is 1.69. The average Bonchev–Trinajstić information content (AvgIpc) is 2.59. The second kappa shape index (κ2) is 9.26. The molecular weight excluding hydrogens is 411 g/mol. The van der Waals surface area contributed by atoms with Gasteiger partial charge in [0.15, 0.2) is 12.4 Å². The van der Waals surface area contributed by atoms with Crippen molar-refractivity contribution in [3.05, 3.63) is 68.9 Å². The van der Waals surface area contributed by atoms with E-state index in [2.05, 4.69) is 21.9 Å². The van der Waals surface area contributed by atoms with E-state index in [1.807, 2.05) is 0 Å². The smallest absolute Gasteiger partial charge is 0.331 e. The number of hydrogen-bond donors (Lipinski definition) is 0. The molecule has 0 atom stereocenters. The molecule has 0 saturated carbocycles. The lowest BCUT2D eigenvalue weighted by molar-refractivity contribution is -0.136. The Labute approximate surface area is 158 Å². The minimum atomic E-state index is -0.551. The molecule has 0 spiro atoms. The summed E-state index contributed by atoms with van der Waals surface area (Å²) in [5, 5.41) is 0.322. The van der Waals surface area contributed by atoms with Gasteiger partial charge in [-0.15, -0.1) is 6.42 Å². The Balaban J connectivity index is 2.09. The van der Waals surface area contributed by atoms with Crippen LogP contribution in [0, 0.1) is 18.2 Å². The number of carbonyl (C=O) groups is 1. The fourth-order valence-electron chi connectivity index (χ4n) is 1.90. The summed E-state index contributed by atoms with van der Waals surface area (Å²) in [6.45, 7) is -0.0466. The molecular formula is C19H13BrClFO3. The molecule has 0 aliphatic rings. The Morgan fingerprint density at radius 3 is 2.80 bits per heavy atom. The second-order valence-corrected chi connectivity index (χ2v) is 6.10. The van der Waals surface area contributed by atoms with Gasteiger partial charge in [0, 0.05) is 11.6 Å². The Kier molecular flexibility index (Phi) is 7.05. The number of benzene rings is 2. The molecule has 0 unspecified atom stereocenters. The van der Waals surface area contributed by atoms with Gasteiger partial charge in [-0.25, -0.2) is 9.18 Å². The monoisotopic (exact) mass is 422 g/mol. The molecule has 0 saturated heterocycles. The SMILES string of the molecule is C#CCOC(=O)/C=C/c1cc(Cl)c(OCc2ccccc2F)c(Br)c1. The fourth-order valence-corrected chi connectivity index (χ4v) is 2.89. The lowest BCUT2D eigenvalue weighted by Crippen LogP contribution is -2.00. The second-order valence-electron chi connectivity index (χ2n) is 4.84. The quantitative estimate of drug-likeness (QED) is 0.372. The molecule has 0 N–H and O–H groups in total. The van der Waals surface area contributed by atoms with Crippen LogP contribution in [0.2, 0.25) is 5.02 Å². The van der Waals surface area contributed by atoms with Crippen LogP contribution in [0.3, 0.4) is 0 Å². The lowest BCUT2D eigenvalue weighted by atomic mass is 10.2. The summed E-state index contributed by atoms with van der Waals surface area (Å²) in [5.41, 5.74) is 1.08. The van der Waals surface area contributed by atoms with E-state index in [-0.39, 0.29) is 19.0 Å². The standard InChI is InChI=1S/C19H13BrClFO3/c1-2-9-24-18(23)8-7-13-10-15(20)19(16(21)11-13)25-12-14-5-3-4-6-17(14)22/h1,3-8,10-11H,9,12H2/b8-7+. The Morgan fingerprint density at radius 2 is 2.12 bits per heavy atom. The Morgan fingerprint density at radius 1 is 1.36 bits per heavy atom. The zero-order chi connectivity index (χ0) is 18.2. The molecule has 2 rings (SSSR count). The number of rotatable bonds is 6. The summed E-state index contributed by atoms with van der Waals surface area (Å²) < 4.78 is 24.5.